The maximum atomic E-state index is 5.76. The van der Waals surface area contributed by atoms with E-state index in [1.54, 1.807) is 0 Å². The molecule has 0 saturated carbocycles. The Morgan fingerprint density at radius 3 is 2.38 bits per heavy atom. The maximum absolute atomic E-state index is 5.76. The highest BCUT2D eigenvalue weighted by Crippen LogP contribution is 2.18. The molecule has 2 heterocycles. The highest BCUT2D eigenvalue weighted by molar-refractivity contribution is 5.80. The molecule has 1 N–H and O–H groups in total. The van der Waals surface area contributed by atoms with Crippen molar-refractivity contribution in [1.82, 2.24) is 15.1 Å². The number of hydrogen-bond acceptors (Lipinski definition) is 3. The fourth-order valence-electron chi connectivity index (χ4n) is 4.02. The number of hydrogen-bond donors (Lipinski definition) is 1. The summed E-state index contributed by atoms with van der Waals surface area (Å²) in [5, 5.41) is 3.66. The summed E-state index contributed by atoms with van der Waals surface area (Å²) in [7, 11) is 1.91. The quantitative estimate of drug-likeness (QED) is 0.572. The minimum Gasteiger partial charge on any atom is -0.378 e. The van der Waals surface area contributed by atoms with E-state index in [2.05, 4.69) is 40.9 Å². The van der Waals surface area contributed by atoms with Gasteiger partial charge in [0, 0.05) is 39.3 Å². The minimum absolute atomic E-state index is 0.433. The van der Waals surface area contributed by atoms with Gasteiger partial charge in [0.25, 0.3) is 0 Å². The molecular weight excluding hydrogens is 300 g/mol. The summed E-state index contributed by atoms with van der Waals surface area (Å²) >= 11 is 0. The zero-order valence-corrected chi connectivity index (χ0v) is 16.3. The number of piperidine rings is 1. The van der Waals surface area contributed by atoms with Crippen molar-refractivity contribution < 1.29 is 4.74 Å². The lowest BCUT2D eigenvalue weighted by Gasteiger charge is -2.35. The standard InChI is InChI=1S/C19H38N4O/c1-5-24-18-8-12-23(13-9-18)19(20-4)21-15-17(14-16(2)3)22-10-6-7-11-22/h16-18H,5-15H2,1-4H3,(H,20,21). The van der Waals surface area contributed by atoms with Gasteiger partial charge in [-0.25, -0.2) is 0 Å². The molecule has 0 aromatic rings. The Morgan fingerprint density at radius 2 is 1.83 bits per heavy atom. The predicted molar refractivity (Wildman–Crippen MR) is 102 cm³/mol. The summed E-state index contributed by atoms with van der Waals surface area (Å²) in [6, 6.07) is 0.630. The molecule has 2 fully saturated rings. The fourth-order valence-corrected chi connectivity index (χ4v) is 4.02. The topological polar surface area (TPSA) is 40.1 Å². The fraction of sp³-hybridized carbons (Fsp3) is 0.947. The normalized spacial score (nSPS) is 22.4. The molecule has 2 rings (SSSR count). The second-order valence-corrected chi connectivity index (χ2v) is 7.60. The third-order valence-electron chi connectivity index (χ3n) is 5.25. The van der Waals surface area contributed by atoms with E-state index in [4.69, 9.17) is 4.74 Å². The summed E-state index contributed by atoms with van der Waals surface area (Å²) in [6.45, 7) is 13.2. The highest BCUT2D eigenvalue weighted by atomic mass is 16.5. The van der Waals surface area contributed by atoms with Crippen LogP contribution in [0.25, 0.3) is 0 Å². The van der Waals surface area contributed by atoms with Crippen LogP contribution < -0.4 is 5.32 Å². The lowest BCUT2D eigenvalue weighted by molar-refractivity contribution is 0.0263. The van der Waals surface area contributed by atoms with Crippen LogP contribution >= 0.6 is 0 Å². The summed E-state index contributed by atoms with van der Waals surface area (Å²) in [4.78, 5) is 9.60. The zero-order chi connectivity index (χ0) is 17.4. The first kappa shape index (κ1) is 19.5. The largest absolute Gasteiger partial charge is 0.378 e. The molecular formula is C19H38N4O. The molecule has 0 spiro atoms. The van der Waals surface area contributed by atoms with Gasteiger partial charge in [-0.1, -0.05) is 13.8 Å². The molecule has 1 atom stereocenters. The summed E-state index contributed by atoms with van der Waals surface area (Å²) < 4.78 is 5.76. The van der Waals surface area contributed by atoms with Crippen LogP contribution in [-0.2, 0) is 4.74 Å². The van der Waals surface area contributed by atoms with Crippen LogP contribution in [0.5, 0.6) is 0 Å². The number of likely N-dealkylation sites (tertiary alicyclic amines) is 2. The van der Waals surface area contributed by atoms with E-state index >= 15 is 0 Å². The van der Waals surface area contributed by atoms with Gasteiger partial charge in [-0.15, -0.1) is 0 Å². The van der Waals surface area contributed by atoms with E-state index in [1.807, 2.05) is 7.05 Å². The van der Waals surface area contributed by atoms with Crippen LogP contribution in [0.15, 0.2) is 4.99 Å². The van der Waals surface area contributed by atoms with E-state index in [-0.39, 0.29) is 0 Å². The summed E-state index contributed by atoms with van der Waals surface area (Å²) in [6.07, 6.45) is 6.62. The minimum atomic E-state index is 0.433. The monoisotopic (exact) mass is 338 g/mol. The van der Waals surface area contributed by atoms with Crippen molar-refractivity contribution in [3.63, 3.8) is 0 Å². The Kier molecular flexibility index (Phi) is 8.33. The van der Waals surface area contributed by atoms with Crippen LogP contribution in [-0.4, -0.2) is 74.3 Å². The molecule has 0 amide bonds. The maximum Gasteiger partial charge on any atom is 0.193 e. The average molecular weight is 339 g/mol. The predicted octanol–water partition coefficient (Wildman–Crippen LogP) is 2.57. The number of nitrogens with zero attached hydrogens (tertiary/aromatic N) is 3. The van der Waals surface area contributed by atoms with Crippen molar-refractivity contribution in [3.05, 3.63) is 0 Å². The van der Waals surface area contributed by atoms with Gasteiger partial charge in [0.15, 0.2) is 5.96 Å². The van der Waals surface area contributed by atoms with Crippen LogP contribution in [0.4, 0.5) is 0 Å². The van der Waals surface area contributed by atoms with Gasteiger partial charge < -0.3 is 15.0 Å². The van der Waals surface area contributed by atoms with Gasteiger partial charge in [-0.2, -0.15) is 0 Å². The van der Waals surface area contributed by atoms with Gasteiger partial charge in [0.1, 0.15) is 0 Å². The van der Waals surface area contributed by atoms with Gasteiger partial charge in [0.2, 0.25) is 0 Å². The molecule has 140 valence electrons. The van der Waals surface area contributed by atoms with Crippen LogP contribution in [0.3, 0.4) is 0 Å². The SMILES string of the molecule is CCOC1CCN(C(=NC)NCC(CC(C)C)N2CCCC2)CC1. The molecule has 2 aliphatic heterocycles. The molecule has 5 heteroatoms. The van der Waals surface area contributed by atoms with Crippen molar-refractivity contribution >= 4 is 5.96 Å². The molecule has 2 aliphatic rings. The second kappa shape index (κ2) is 10.2. The molecule has 0 bridgehead atoms. The third kappa shape index (κ3) is 5.92. The third-order valence-corrected chi connectivity index (χ3v) is 5.25. The molecule has 24 heavy (non-hydrogen) atoms. The summed E-state index contributed by atoms with van der Waals surface area (Å²) in [5.41, 5.74) is 0. The Hall–Kier alpha value is -0.810. The molecule has 0 aliphatic carbocycles. The van der Waals surface area contributed by atoms with Gasteiger partial charge >= 0.3 is 0 Å². The second-order valence-electron chi connectivity index (χ2n) is 7.60. The Bertz CT molecular complexity index is 372. The number of ether oxygens (including phenoxy) is 1. The lowest BCUT2D eigenvalue weighted by Crippen LogP contribution is -2.50. The van der Waals surface area contributed by atoms with E-state index in [9.17, 15) is 0 Å². The zero-order valence-electron chi connectivity index (χ0n) is 16.3. The highest BCUT2D eigenvalue weighted by Gasteiger charge is 2.25. The van der Waals surface area contributed by atoms with Crippen LogP contribution in [0.2, 0.25) is 0 Å². The molecule has 0 aromatic carbocycles. The van der Waals surface area contributed by atoms with Crippen molar-refractivity contribution in [2.45, 2.75) is 65.0 Å². The summed E-state index contributed by atoms with van der Waals surface area (Å²) in [5.74, 6) is 1.80. The van der Waals surface area contributed by atoms with Crippen molar-refractivity contribution in [1.29, 1.82) is 0 Å². The number of rotatable bonds is 7. The first-order chi connectivity index (χ1) is 11.6. The Morgan fingerprint density at radius 1 is 1.17 bits per heavy atom. The Balaban J connectivity index is 1.82. The van der Waals surface area contributed by atoms with Crippen molar-refractivity contribution in [2.24, 2.45) is 10.9 Å². The number of nitrogens with one attached hydrogen (secondary N) is 1. The van der Waals surface area contributed by atoms with Gasteiger partial charge in [0.05, 0.1) is 6.10 Å². The Labute approximate surface area is 148 Å². The van der Waals surface area contributed by atoms with Gasteiger partial charge in [-0.3, -0.25) is 9.89 Å². The lowest BCUT2D eigenvalue weighted by atomic mass is 10.0. The van der Waals surface area contributed by atoms with E-state index < -0.39 is 0 Å². The average Bonchev–Trinajstić information content (AvgIpc) is 3.10. The molecule has 1 unspecified atom stereocenters. The van der Waals surface area contributed by atoms with E-state index in [0.29, 0.717) is 12.1 Å². The first-order valence-electron chi connectivity index (χ1n) is 9.95. The van der Waals surface area contributed by atoms with E-state index in [1.165, 1.54) is 32.4 Å². The van der Waals surface area contributed by atoms with E-state index in [0.717, 1.165) is 51.0 Å². The molecule has 0 radical (unpaired) electrons. The molecule has 0 aromatic heterocycles. The number of guanidine groups is 1. The first-order valence-corrected chi connectivity index (χ1v) is 9.95. The molecule has 5 nitrogen and oxygen atoms in total. The molecule has 2 saturated heterocycles. The smallest absolute Gasteiger partial charge is 0.193 e. The number of aliphatic imine (C=N–C) groups is 1. The van der Waals surface area contributed by atoms with Crippen molar-refractivity contribution in [3.8, 4) is 0 Å². The van der Waals surface area contributed by atoms with Crippen LogP contribution in [0.1, 0.15) is 52.9 Å². The van der Waals surface area contributed by atoms with Crippen molar-refractivity contribution in [2.75, 3.05) is 46.4 Å². The van der Waals surface area contributed by atoms with Crippen LogP contribution in [0, 0.1) is 5.92 Å². The van der Waals surface area contributed by atoms with Gasteiger partial charge in [-0.05, 0) is 58.0 Å².